The Labute approximate surface area is 146 Å². The number of aliphatic hydroxyl groups excluding tert-OH is 1. The molecule has 1 aromatic carbocycles. The van der Waals surface area contributed by atoms with Crippen molar-refractivity contribution < 1.29 is 23.4 Å². The number of aromatic nitrogens is 3. The second-order valence-corrected chi connectivity index (χ2v) is 5.72. The minimum absolute atomic E-state index is 0.130. The maximum atomic E-state index is 12.7. The smallest absolute Gasteiger partial charge is 0.416 e. The quantitative estimate of drug-likeness (QED) is 0.744. The van der Waals surface area contributed by atoms with E-state index in [0.29, 0.717) is 17.2 Å². The molecule has 0 amide bonds. The summed E-state index contributed by atoms with van der Waals surface area (Å²) < 4.78 is 38.1. The number of pyridine rings is 1. The molecule has 1 unspecified atom stereocenters. The standard InChI is InChI=1S/C18H14F3N3O2/c1-10-7-14(17(26)11-3-2-6-22-9-11)23-24-16(10)13-5-4-12(8-15(13)25)18(19,20)21/h2-9,17,25-26H,1H3. The number of halogens is 3. The molecule has 26 heavy (non-hydrogen) atoms. The fourth-order valence-electron chi connectivity index (χ4n) is 2.52. The van der Waals surface area contributed by atoms with Crippen molar-refractivity contribution in [2.75, 3.05) is 0 Å². The predicted molar refractivity (Wildman–Crippen MR) is 87.2 cm³/mol. The van der Waals surface area contributed by atoms with Crippen molar-refractivity contribution >= 4 is 0 Å². The van der Waals surface area contributed by atoms with Gasteiger partial charge in [-0.15, -0.1) is 5.10 Å². The van der Waals surface area contributed by atoms with Crippen LogP contribution in [-0.2, 0) is 6.18 Å². The van der Waals surface area contributed by atoms with Gasteiger partial charge >= 0.3 is 6.18 Å². The summed E-state index contributed by atoms with van der Waals surface area (Å²) in [7, 11) is 0. The molecule has 0 radical (unpaired) electrons. The van der Waals surface area contributed by atoms with E-state index >= 15 is 0 Å². The molecule has 0 fully saturated rings. The van der Waals surface area contributed by atoms with Crippen LogP contribution in [0, 0.1) is 6.92 Å². The minimum Gasteiger partial charge on any atom is -0.507 e. The normalized spacial score (nSPS) is 12.8. The third kappa shape index (κ3) is 3.50. The highest BCUT2D eigenvalue weighted by atomic mass is 19.4. The lowest BCUT2D eigenvalue weighted by Gasteiger charge is -2.13. The summed E-state index contributed by atoms with van der Waals surface area (Å²) in [5.74, 6) is -0.544. The van der Waals surface area contributed by atoms with Crippen LogP contribution in [0.1, 0.15) is 28.5 Å². The lowest BCUT2D eigenvalue weighted by atomic mass is 10.0. The Bertz CT molecular complexity index is 931. The summed E-state index contributed by atoms with van der Waals surface area (Å²) in [6, 6.07) is 7.59. The van der Waals surface area contributed by atoms with Crippen LogP contribution in [0.15, 0.2) is 48.8 Å². The van der Waals surface area contributed by atoms with Gasteiger partial charge in [0.15, 0.2) is 0 Å². The summed E-state index contributed by atoms with van der Waals surface area (Å²) in [6.07, 6.45) is -2.51. The zero-order valence-electron chi connectivity index (χ0n) is 13.6. The fourth-order valence-corrected chi connectivity index (χ4v) is 2.52. The van der Waals surface area contributed by atoms with Crippen molar-refractivity contribution in [3.05, 3.63) is 71.2 Å². The average Bonchev–Trinajstić information content (AvgIpc) is 2.61. The zero-order valence-corrected chi connectivity index (χ0v) is 13.6. The minimum atomic E-state index is -4.55. The van der Waals surface area contributed by atoms with Gasteiger partial charge in [-0.05, 0) is 42.8 Å². The van der Waals surface area contributed by atoms with E-state index in [-0.39, 0.29) is 17.0 Å². The first-order valence-corrected chi connectivity index (χ1v) is 7.60. The molecule has 0 spiro atoms. The highest BCUT2D eigenvalue weighted by molar-refractivity contribution is 5.69. The highest BCUT2D eigenvalue weighted by Gasteiger charge is 2.31. The molecule has 2 aromatic heterocycles. The number of hydrogen-bond acceptors (Lipinski definition) is 5. The number of phenolic OH excluding ortho intramolecular Hbond substituents is 1. The molecule has 0 bridgehead atoms. The Hall–Kier alpha value is -3.00. The third-order valence-electron chi connectivity index (χ3n) is 3.86. The largest absolute Gasteiger partial charge is 0.507 e. The molecule has 8 heteroatoms. The topological polar surface area (TPSA) is 79.1 Å². The Morgan fingerprint density at radius 2 is 1.85 bits per heavy atom. The molecule has 2 heterocycles. The van der Waals surface area contributed by atoms with E-state index in [9.17, 15) is 23.4 Å². The molecule has 1 atom stereocenters. The molecule has 2 N–H and O–H groups in total. The Morgan fingerprint density at radius 3 is 2.42 bits per heavy atom. The Kier molecular flexibility index (Phi) is 4.60. The van der Waals surface area contributed by atoms with Gasteiger partial charge in [-0.3, -0.25) is 4.98 Å². The molecule has 5 nitrogen and oxygen atoms in total. The summed E-state index contributed by atoms with van der Waals surface area (Å²) in [5.41, 5.74) is 0.765. The van der Waals surface area contributed by atoms with Gasteiger partial charge in [0.25, 0.3) is 0 Å². The third-order valence-corrected chi connectivity index (χ3v) is 3.86. The number of aryl methyl sites for hydroxylation is 1. The number of hydrogen-bond donors (Lipinski definition) is 2. The van der Waals surface area contributed by atoms with E-state index in [1.165, 1.54) is 6.20 Å². The van der Waals surface area contributed by atoms with Gasteiger partial charge in [0.05, 0.1) is 17.0 Å². The second-order valence-electron chi connectivity index (χ2n) is 5.72. The van der Waals surface area contributed by atoms with Crippen LogP contribution in [0.3, 0.4) is 0 Å². The molecule has 0 aliphatic carbocycles. The molecule has 0 aliphatic rings. The molecule has 134 valence electrons. The maximum Gasteiger partial charge on any atom is 0.416 e. The van der Waals surface area contributed by atoms with Gasteiger partial charge in [-0.2, -0.15) is 18.3 Å². The van der Waals surface area contributed by atoms with Crippen molar-refractivity contribution in [2.24, 2.45) is 0 Å². The van der Waals surface area contributed by atoms with E-state index in [1.807, 2.05) is 0 Å². The van der Waals surface area contributed by atoms with Crippen LogP contribution in [0.2, 0.25) is 0 Å². The molecule has 0 saturated heterocycles. The van der Waals surface area contributed by atoms with Crippen LogP contribution in [0.4, 0.5) is 13.2 Å². The van der Waals surface area contributed by atoms with Gasteiger partial charge in [-0.25, -0.2) is 0 Å². The second kappa shape index (κ2) is 6.72. The SMILES string of the molecule is Cc1cc(C(O)c2cccnc2)nnc1-c1ccc(C(F)(F)F)cc1O. The van der Waals surface area contributed by atoms with Crippen LogP contribution >= 0.6 is 0 Å². The van der Waals surface area contributed by atoms with Gasteiger partial charge in [0.1, 0.15) is 11.9 Å². The number of alkyl halides is 3. The molecule has 0 aliphatic heterocycles. The van der Waals surface area contributed by atoms with Gasteiger partial charge in [0, 0.05) is 23.5 Å². The van der Waals surface area contributed by atoms with Crippen molar-refractivity contribution in [3.63, 3.8) is 0 Å². The average molecular weight is 361 g/mol. The molecule has 0 saturated carbocycles. The van der Waals surface area contributed by atoms with E-state index in [1.54, 1.807) is 31.3 Å². The number of rotatable bonds is 3. The first kappa shape index (κ1) is 17.8. The van der Waals surface area contributed by atoms with Crippen LogP contribution in [0.5, 0.6) is 5.75 Å². The Balaban J connectivity index is 1.96. The fraction of sp³-hybridized carbons (Fsp3) is 0.167. The van der Waals surface area contributed by atoms with Crippen molar-refractivity contribution in [2.45, 2.75) is 19.2 Å². The predicted octanol–water partition coefficient (Wildman–Crippen LogP) is 3.65. The van der Waals surface area contributed by atoms with Gasteiger partial charge in [-0.1, -0.05) is 6.07 Å². The number of aromatic hydroxyl groups is 1. The van der Waals surface area contributed by atoms with E-state index in [4.69, 9.17) is 0 Å². The highest BCUT2D eigenvalue weighted by Crippen LogP contribution is 2.37. The number of benzene rings is 1. The molecular formula is C18H14F3N3O2. The lowest BCUT2D eigenvalue weighted by Crippen LogP contribution is -2.07. The van der Waals surface area contributed by atoms with E-state index in [2.05, 4.69) is 15.2 Å². The summed E-state index contributed by atoms with van der Waals surface area (Å²) in [4.78, 5) is 3.93. The summed E-state index contributed by atoms with van der Waals surface area (Å²) >= 11 is 0. The first-order valence-electron chi connectivity index (χ1n) is 7.60. The first-order chi connectivity index (χ1) is 12.3. The summed E-state index contributed by atoms with van der Waals surface area (Å²) in [5, 5.41) is 28.2. The van der Waals surface area contributed by atoms with Crippen molar-refractivity contribution in [1.82, 2.24) is 15.2 Å². The van der Waals surface area contributed by atoms with Gasteiger partial charge in [0.2, 0.25) is 0 Å². The zero-order chi connectivity index (χ0) is 18.9. The maximum absolute atomic E-state index is 12.7. The van der Waals surface area contributed by atoms with Crippen LogP contribution < -0.4 is 0 Å². The Morgan fingerprint density at radius 1 is 1.08 bits per heavy atom. The van der Waals surface area contributed by atoms with Gasteiger partial charge < -0.3 is 10.2 Å². The summed E-state index contributed by atoms with van der Waals surface area (Å²) in [6.45, 7) is 1.67. The molecular weight excluding hydrogens is 347 g/mol. The number of nitrogens with zero attached hydrogens (tertiary/aromatic N) is 3. The number of phenols is 1. The van der Waals surface area contributed by atoms with E-state index in [0.717, 1.165) is 12.1 Å². The van der Waals surface area contributed by atoms with Crippen molar-refractivity contribution in [3.8, 4) is 17.0 Å². The van der Waals surface area contributed by atoms with Crippen LogP contribution in [-0.4, -0.2) is 25.4 Å². The van der Waals surface area contributed by atoms with E-state index < -0.39 is 23.6 Å². The lowest BCUT2D eigenvalue weighted by molar-refractivity contribution is -0.137. The van der Waals surface area contributed by atoms with Crippen molar-refractivity contribution in [1.29, 1.82) is 0 Å². The molecule has 3 rings (SSSR count). The number of aliphatic hydroxyl groups is 1. The van der Waals surface area contributed by atoms with Crippen LogP contribution in [0.25, 0.3) is 11.3 Å². The monoisotopic (exact) mass is 361 g/mol. The molecule has 3 aromatic rings.